The number of nitrogens with zero attached hydrogens (tertiary/aromatic N) is 1. The summed E-state index contributed by atoms with van der Waals surface area (Å²) in [5.41, 5.74) is 1.26. The maximum absolute atomic E-state index is 11.8. The maximum Gasteiger partial charge on any atom is 0.315 e. The summed E-state index contributed by atoms with van der Waals surface area (Å²) in [6.07, 6.45) is 0.0245. The molecule has 0 aromatic heterocycles. The molecule has 128 valence electrons. The highest BCUT2D eigenvalue weighted by atomic mass is 16.6. The second-order valence-electron chi connectivity index (χ2n) is 6.16. The van der Waals surface area contributed by atoms with E-state index in [1.54, 1.807) is 26.0 Å². The van der Waals surface area contributed by atoms with E-state index in [0.29, 0.717) is 23.5 Å². The lowest BCUT2D eigenvalue weighted by Crippen LogP contribution is -2.41. The van der Waals surface area contributed by atoms with E-state index in [-0.39, 0.29) is 18.3 Å². The lowest BCUT2D eigenvalue weighted by molar-refractivity contribution is -0.385. The van der Waals surface area contributed by atoms with Crippen LogP contribution in [0.2, 0.25) is 0 Å². The van der Waals surface area contributed by atoms with Crippen LogP contribution in [0.25, 0.3) is 0 Å². The Morgan fingerprint density at radius 1 is 1.35 bits per heavy atom. The van der Waals surface area contributed by atoms with Gasteiger partial charge < -0.3 is 15.7 Å². The highest BCUT2D eigenvalue weighted by Gasteiger charge is 2.16. The van der Waals surface area contributed by atoms with Crippen molar-refractivity contribution in [2.24, 2.45) is 5.92 Å². The Kier molecular flexibility index (Phi) is 6.96. The summed E-state index contributed by atoms with van der Waals surface area (Å²) >= 11 is 0. The molecule has 2 atom stereocenters. The average molecular weight is 323 g/mol. The summed E-state index contributed by atoms with van der Waals surface area (Å²) in [5, 5.41) is 26.0. The van der Waals surface area contributed by atoms with Crippen molar-refractivity contribution in [3.8, 4) is 0 Å². The van der Waals surface area contributed by atoms with Gasteiger partial charge in [-0.2, -0.15) is 0 Å². The minimum atomic E-state index is -0.587. The summed E-state index contributed by atoms with van der Waals surface area (Å²) in [6.45, 7) is 7.58. The SMILES string of the molecule is Cc1ccc(C(C)NC(=O)NCC(O)CC(C)C)cc1[N+](=O)[O-]. The molecule has 0 fully saturated rings. The van der Waals surface area contributed by atoms with Crippen LogP contribution in [0.15, 0.2) is 18.2 Å². The van der Waals surface area contributed by atoms with Crippen molar-refractivity contribution in [1.29, 1.82) is 0 Å². The van der Waals surface area contributed by atoms with Crippen molar-refractivity contribution < 1.29 is 14.8 Å². The number of carbonyl (C=O) groups excluding carboxylic acids is 1. The van der Waals surface area contributed by atoms with E-state index in [2.05, 4.69) is 10.6 Å². The number of urea groups is 1. The largest absolute Gasteiger partial charge is 0.391 e. The molecule has 1 aromatic rings. The Morgan fingerprint density at radius 3 is 2.57 bits per heavy atom. The quantitative estimate of drug-likeness (QED) is 0.530. The third-order valence-electron chi connectivity index (χ3n) is 3.52. The van der Waals surface area contributed by atoms with Crippen LogP contribution in [-0.4, -0.2) is 28.7 Å². The lowest BCUT2D eigenvalue weighted by atomic mass is 10.0. The van der Waals surface area contributed by atoms with Crippen molar-refractivity contribution in [3.63, 3.8) is 0 Å². The number of aliphatic hydroxyl groups excluding tert-OH is 1. The van der Waals surface area contributed by atoms with Gasteiger partial charge >= 0.3 is 6.03 Å². The molecule has 1 aromatic carbocycles. The molecule has 0 saturated carbocycles. The fraction of sp³-hybridized carbons (Fsp3) is 0.562. The molecule has 0 saturated heterocycles. The molecule has 3 N–H and O–H groups in total. The molecule has 0 heterocycles. The number of amides is 2. The molecule has 2 unspecified atom stereocenters. The first-order chi connectivity index (χ1) is 10.7. The van der Waals surface area contributed by atoms with Gasteiger partial charge in [-0.3, -0.25) is 10.1 Å². The van der Waals surface area contributed by atoms with E-state index in [0.717, 1.165) is 0 Å². The van der Waals surface area contributed by atoms with Gasteiger partial charge in [-0.15, -0.1) is 0 Å². The Hall–Kier alpha value is -2.15. The third kappa shape index (κ3) is 6.23. The van der Waals surface area contributed by atoms with E-state index in [9.17, 15) is 20.0 Å². The summed E-state index contributed by atoms with van der Waals surface area (Å²) in [4.78, 5) is 22.4. The molecule has 0 radical (unpaired) electrons. The maximum atomic E-state index is 11.8. The zero-order valence-electron chi connectivity index (χ0n) is 14.0. The van der Waals surface area contributed by atoms with Crippen LogP contribution >= 0.6 is 0 Å². The Labute approximate surface area is 136 Å². The molecular weight excluding hydrogens is 298 g/mol. The van der Waals surface area contributed by atoms with Gasteiger partial charge in [0.05, 0.1) is 17.1 Å². The lowest BCUT2D eigenvalue weighted by Gasteiger charge is -2.17. The Bertz CT molecular complexity index is 560. The first-order valence-corrected chi connectivity index (χ1v) is 7.68. The van der Waals surface area contributed by atoms with E-state index >= 15 is 0 Å². The fourth-order valence-corrected chi connectivity index (χ4v) is 2.26. The molecule has 0 bridgehead atoms. The van der Waals surface area contributed by atoms with E-state index in [1.807, 2.05) is 13.8 Å². The Balaban J connectivity index is 2.58. The number of hydrogen-bond donors (Lipinski definition) is 3. The normalized spacial score (nSPS) is 13.5. The summed E-state index contributed by atoms with van der Waals surface area (Å²) in [6, 6.07) is 4.09. The predicted octanol–water partition coefficient (Wildman–Crippen LogP) is 2.67. The zero-order chi connectivity index (χ0) is 17.6. The van der Waals surface area contributed by atoms with E-state index in [1.165, 1.54) is 6.07 Å². The van der Waals surface area contributed by atoms with Crippen molar-refractivity contribution in [3.05, 3.63) is 39.4 Å². The highest BCUT2D eigenvalue weighted by molar-refractivity contribution is 5.74. The molecular formula is C16H25N3O4. The number of benzene rings is 1. The summed E-state index contributed by atoms with van der Waals surface area (Å²) in [5.74, 6) is 0.349. The number of aryl methyl sites for hydroxylation is 1. The van der Waals surface area contributed by atoms with Crippen LogP contribution in [0.4, 0.5) is 10.5 Å². The first-order valence-electron chi connectivity index (χ1n) is 7.68. The van der Waals surface area contributed by atoms with Gasteiger partial charge in [0.2, 0.25) is 0 Å². The van der Waals surface area contributed by atoms with E-state index in [4.69, 9.17) is 0 Å². The zero-order valence-corrected chi connectivity index (χ0v) is 14.0. The molecule has 2 amide bonds. The second kappa shape index (κ2) is 8.47. The van der Waals surface area contributed by atoms with Crippen LogP contribution < -0.4 is 10.6 Å². The summed E-state index contributed by atoms with van der Waals surface area (Å²) < 4.78 is 0. The highest BCUT2D eigenvalue weighted by Crippen LogP contribution is 2.23. The minimum Gasteiger partial charge on any atom is -0.391 e. The first kappa shape index (κ1) is 18.9. The van der Waals surface area contributed by atoms with Crippen molar-refractivity contribution in [2.45, 2.75) is 46.3 Å². The van der Waals surface area contributed by atoms with Gasteiger partial charge in [-0.25, -0.2) is 4.79 Å². The monoisotopic (exact) mass is 323 g/mol. The number of hydrogen-bond acceptors (Lipinski definition) is 4. The van der Waals surface area contributed by atoms with Crippen LogP contribution in [0.5, 0.6) is 0 Å². The molecule has 0 aliphatic heterocycles. The third-order valence-corrected chi connectivity index (χ3v) is 3.52. The van der Waals surface area contributed by atoms with Gasteiger partial charge in [0.1, 0.15) is 0 Å². The van der Waals surface area contributed by atoms with Gasteiger partial charge in [-0.05, 0) is 31.7 Å². The standard InChI is InChI=1S/C16H25N3O4/c1-10(2)7-14(20)9-17-16(21)18-12(4)13-6-5-11(3)15(8-13)19(22)23/h5-6,8,10,12,14,20H,7,9H2,1-4H3,(H2,17,18,21). The van der Waals surface area contributed by atoms with Crippen molar-refractivity contribution in [1.82, 2.24) is 10.6 Å². The smallest absolute Gasteiger partial charge is 0.315 e. The molecule has 0 spiro atoms. The molecule has 7 nitrogen and oxygen atoms in total. The topological polar surface area (TPSA) is 104 Å². The van der Waals surface area contributed by atoms with Gasteiger partial charge in [0.15, 0.2) is 0 Å². The number of nitro benzene ring substituents is 1. The molecule has 1 rings (SSSR count). The second-order valence-corrected chi connectivity index (χ2v) is 6.16. The minimum absolute atomic E-state index is 0.0314. The Morgan fingerprint density at radius 2 is 2.00 bits per heavy atom. The average Bonchev–Trinajstić information content (AvgIpc) is 2.44. The van der Waals surface area contributed by atoms with Gasteiger partial charge in [0, 0.05) is 18.2 Å². The molecule has 0 aliphatic carbocycles. The number of nitrogens with one attached hydrogen (secondary N) is 2. The van der Waals surface area contributed by atoms with Crippen molar-refractivity contribution >= 4 is 11.7 Å². The number of aliphatic hydroxyl groups is 1. The van der Waals surface area contributed by atoms with E-state index < -0.39 is 17.1 Å². The van der Waals surface area contributed by atoms with Crippen LogP contribution in [-0.2, 0) is 0 Å². The van der Waals surface area contributed by atoms with Crippen molar-refractivity contribution in [2.75, 3.05) is 6.54 Å². The molecule has 23 heavy (non-hydrogen) atoms. The number of carbonyl (C=O) groups is 1. The van der Waals surface area contributed by atoms with Crippen LogP contribution in [0, 0.1) is 23.0 Å². The summed E-state index contributed by atoms with van der Waals surface area (Å²) in [7, 11) is 0. The van der Waals surface area contributed by atoms with Crippen LogP contribution in [0.3, 0.4) is 0 Å². The molecule has 7 heteroatoms. The van der Waals surface area contributed by atoms with Crippen LogP contribution in [0.1, 0.15) is 44.4 Å². The number of nitro groups is 1. The van der Waals surface area contributed by atoms with Gasteiger partial charge in [-0.1, -0.05) is 26.0 Å². The fourth-order valence-electron chi connectivity index (χ4n) is 2.26. The molecule has 0 aliphatic rings. The number of rotatable bonds is 7. The predicted molar refractivity (Wildman–Crippen MR) is 88.2 cm³/mol. The van der Waals surface area contributed by atoms with Gasteiger partial charge in [0.25, 0.3) is 5.69 Å².